The number of carbonyl (C=O) groups excluding carboxylic acids is 1. The maximum atomic E-state index is 12.3. The average molecular weight is 274 g/mol. The van der Waals surface area contributed by atoms with E-state index in [2.05, 4.69) is 15.2 Å². The average Bonchev–Trinajstić information content (AvgIpc) is 3.20. The van der Waals surface area contributed by atoms with Gasteiger partial charge in [0.15, 0.2) is 0 Å². The fraction of sp³-hybridized carbons (Fsp3) is 0.600. The van der Waals surface area contributed by atoms with Crippen molar-refractivity contribution in [2.45, 2.75) is 31.3 Å². The third-order valence-electron chi connectivity index (χ3n) is 4.08. The molecule has 20 heavy (non-hydrogen) atoms. The van der Waals surface area contributed by atoms with Gasteiger partial charge >= 0.3 is 0 Å². The van der Waals surface area contributed by atoms with Gasteiger partial charge in [-0.2, -0.15) is 0 Å². The van der Waals surface area contributed by atoms with Gasteiger partial charge in [0, 0.05) is 51.0 Å². The van der Waals surface area contributed by atoms with Gasteiger partial charge in [-0.05, 0) is 31.4 Å². The van der Waals surface area contributed by atoms with Crippen molar-refractivity contribution in [3.63, 3.8) is 0 Å². The number of carbonyl (C=O) groups is 1. The molecule has 1 aromatic rings. The highest BCUT2D eigenvalue weighted by atomic mass is 16.1. The molecule has 0 unspecified atom stereocenters. The molecule has 1 aromatic heterocycles. The number of hydrogen-bond acceptors (Lipinski definition) is 4. The van der Waals surface area contributed by atoms with E-state index in [9.17, 15) is 4.79 Å². The zero-order valence-electron chi connectivity index (χ0n) is 12.2. The fourth-order valence-electron chi connectivity index (χ4n) is 2.75. The Morgan fingerprint density at radius 3 is 2.90 bits per heavy atom. The van der Waals surface area contributed by atoms with Crippen molar-refractivity contribution in [1.82, 2.24) is 15.2 Å². The van der Waals surface area contributed by atoms with Crippen LogP contribution >= 0.6 is 0 Å². The van der Waals surface area contributed by atoms with Crippen LogP contribution in [0.25, 0.3) is 0 Å². The van der Waals surface area contributed by atoms with Crippen LogP contribution in [0, 0.1) is 0 Å². The summed E-state index contributed by atoms with van der Waals surface area (Å²) >= 11 is 0. The Balaban J connectivity index is 1.60. The van der Waals surface area contributed by atoms with Gasteiger partial charge in [-0.25, -0.2) is 4.98 Å². The molecule has 0 radical (unpaired) electrons. The van der Waals surface area contributed by atoms with Gasteiger partial charge in [0.25, 0.3) is 5.91 Å². The highest BCUT2D eigenvalue weighted by Crippen LogP contribution is 2.29. The molecule has 2 heterocycles. The van der Waals surface area contributed by atoms with Crippen molar-refractivity contribution < 1.29 is 4.79 Å². The lowest BCUT2D eigenvalue weighted by atomic mass is 10.2. The number of rotatable bonds is 4. The Morgan fingerprint density at radius 2 is 2.20 bits per heavy atom. The second-order valence-corrected chi connectivity index (χ2v) is 5.98. The first-order chi connectivity index (χ1) is 9.63. The molecule has 3 rings (SSSR count). The van der Waals surface area contributed by atoms with E-state index >= 15 is 0 Å². The Hall–Kier alpha value is -1.62. The molecule has 2 aliphatic rings. The molecule has 0 spiro atoms. The predicted molar refractivity (Wildman–Crippen MR) is 79.0 cm³/mol. The van der Waals surface area contributed by atoms with Gasteiger partial charge in [0.2, 0.25) is 0 Å². The number of pyridine rings is 1. The minimum atomic E-state index is 0.0122. The van der Waals surface area contributed by atoms with Crippen LogP contribution in [-0.2, 0) is 0 Å². The van der Waals surface area contributed by atoms with Gasteiger partial charge in [0.1, 0.15) is 5.82 Å². The summed E-state index contributed by atoms with van der Waals surface area (Å²) < 4.78 is 0. The molecule has 0 bridgehead atoms. The van der Waals surface area contributed by atoms with Crippen LogP contribution < -0.4 is 10.2 Å². The smallest absolute Gasteiger partial charge is 0.251 e. The second kappa shape index (κ2) is 5.40. The number of nitrogens with one attached hydrogen (secondary N) is 1. The lowest BCUT2D eigenvalue weighted by Gasteiger charge is -2.16. The second-order valence-electron chi connectivity index (χ2n) is 5.98. The summed E-state index contributed by atoms with van der Waals surface area (Å²) in [5.41, 5.74) is 0.688. The van der Waals surface area contributed by atoms with Crippen molar-refractivity contribution >= 4 is 11.7 Å². The number of hydrogen-bond donors (Lipinski definition) is 1. The van der Waals surface area contributed by atoms with Crippen molar-refractivity contribution in [1.29, 1.82) is 0 Å². The molecule has 1 saturated carbocycles. The van der Waals surface area contributed by atoms with Crippen LogP contribution in [0.5, 0.6) is 0 Å². The standard InChI is InChI=1S/C15H22N4O/c1-18(2)14-9-11(5-7-16-14)15(20)17-12-6-8-19(10-12)13-3-4-13/h5,7,9,12-13H,3-4,6,8,10H2,1-2H3,(H,17,20)/t12-/m0/s1. The zero-order chi connectivity index (χ0) is 14.1. The lowest BCUT2D eigenvalue weighted by Crippen LogP contribution is -2.37. The largest absolute Gasteiger partial charge is 0.363 e. The predicted octanol–water partition coefficient (Wildman–Crippen LogP) is 1.11. The molecular formula is C15H22N4O. The van der Waals surface area contributed by atoms with Crippen molar-refractivity contribution in [3.8, 4) is 0 Å². The summed E-state index contributed by atoms with van der Waals surface area (Å²) in [5.74, 6) is 0.821. The molecule has 5 heteroatoms. The van der Waals surface area contributed by atoms with Gasteiger partial charge < -0.3 is 10.2 Å². The number of nitrogens with zero attached hydrogens (tertiary/aromatic N) is 3. The molecular weight excluding hydrogens is 252 g/mol. The Bertz CT molecular complexity index is 498. The van der Waals surface area contributed by atoms with E-state index in [0.29, 0.717) is 11.6 Å². The van der Waals surface area contributed by atoms with Crippen LogP contribution in [0.15, 0.2) is 18.3 Å². The van der Waals surface area contributed by atoms with E-state index < -0.39 is 0 Å². The summed E-state index contributed by atoms with van der Waals surface area (Å²) in [7, 11) is 3.85. The van der Waals surface area contributed by atoms with Crippen LogP contribution in [0.3, 0.4) is 0 Å². The van der Waals surface area contributed by atoms with E-state index in [4.69, 9.17) is 0 Å². The number of likely N-dealkylation sites (tertiary alicyclic amines) is 1. The van der Waals surface area contributed by atoms with E-state index in [1.807, 2.05) is 25.1 Å². The first-order valence-corrected chi connectivity index (χ1v) is 7.32. The highest BCUT2D eigenvalue weighted by molar-refractivity contribution is 5.95. The number of anilines is 1. The number of amides is 1. The van der Waals surface area contributed by atoms with Crippen LogP contribution in [0.2, 0.25) is 0 Å². The van der Waals surface area contributed by atoms with Gasteiger partial charge in [0.05, 0.1) is 0 Å². The molecule has 1 aliphatic heterocycles. The monoisotopic (exact) mass is 274 g/mol. The maximum Gasteiger partial charge on any atom is 0.251 e. The first-order valence-electron chi connectivity index (χ1n) is 7.32. The van der Waals surface area contributed by atoms with Crippen LogP contribution in [0.1, 0.15) is 29.6 Å². The van der Waals surface area contributed by atoms with Crippen molar-refractivity contribution in [2.24, 2.45) is 0 Å². The molecule has 1 amide bonds. The first kappa shape index (κ1) is 13.4. The SMILES string of the molecule is CN(C)c1cc(C(=O)N[C@H]2CCN(C3CC3)C2)ccn1. The molecule has 0 aromatic carbocycles. The van der Waals surface area contributed by atoms with E-state index in [1.54, 1.807) is 12.3 Å². The summed E-state index contributed by atoms with van der Waals surface area (Å²) in [6.07, 6.45) is 5.41. The zero-order valence-corrected chi connectivity index (χ0v) is 12.2. The molecule has 1 saturated heterocycles. The highest BCUT2D eigenvalue weighted by Gasteiger charge is 2.34. The molecule has 1 aliphatic carbocycles. The van der Waals surface area contributed by atoms with Gasteiger partial charge in [-0.1, -0.05) is 0 Å². The normalized spacial score (nSPS) is 22.8. The molecule has 1 atom stereocenters. The Kier molecular flexibility index (Phi) is 3.61. The van der Waals surface area contributed by atoms with E-state index in [0.717, 1.165) is 31.4 Å². The topological polar surface area (TPSA) is 48.5 Å². The van der Waals surface area contributed by atoms with Crippen molar-refractivity contribution in [2.75, 3.05) is 32.1 Å². The molecule has 2 fully saturated rings. The van der Waals surface area contributed by atoms with Crippen LogP contribution in [0.4, 0.5) is 5.82 Å². The van der Waals surface area contributed by atoms with Gasteiger partial charge in [-0.3, -0.25) is 9.69 Å². The third kappa shape index (κ3) is 2.93. The summed E-state index contributed by atoms with van der Waals surface area (Å²) in [4.78, 5) is 20.9. The molecule has 1 N–H and O–H groups in total. The Morgan fingerprint density at radius 1 is 1.40 bits per heavy atom. The van der Waals surface area contributed by atoms with Crippen LogP contribution in [-0.4, -0.2) is 55.1 Å². The summed E-state index contributed by atoms with van der Waals surface area (Å²) in [5, 5.41) is 3.15. The minimum Gasteiger partial charge on any atom is -0.363 e. The Labute approximate surface area is 120 Å². The van der Waals surface area contributed by atoms with E-state index in [1.165, 1.54) is 12.8 Å². The minimum absolute atomic E-state index is 0.0122. The summed E-state index contributed by atoms with van der Waals surface area (Å²) in [6.45, 7) is 2.12. The fourth-order valence-corrected chi connectivity index (χ4v) is 2.75. The summed E-state index contributed by atoms with van der Waals surface area (Å²) in [6, 6.07) is 4.69. The third-order valence-corrected chi connectivity index (χ3v) is 4.08. The lowest BCUT2D eigenvalue weighted by molar-refractivity contribution is 0.0937. The molecule has 108 valence electrons. The maximum absolute atomic E-state index is 12.3. The number of aromatic nitrogens is 1. The van der Waals surface area contributed by atoms with Crippen molar-refractivity contribution in [3.05, 3.63) is 23.9 Å². The molecule has 5 nitrogen and oxygen atoms in total. The van der Waals surface area contributed by atoms with E-state index in [-0.39, 0.29) is 5.91 Å². The quantitative estimate of drug-likeness (QED) is 0.893. The van der Waals surface area contributed by atoms with Gasteiger partial charge in [-0.15, -0.1) is 0 Å².